The van der Waals surface area contributed by atoms with Crippen LogP contribution in [0.1, 0.15) is 5.56 Å². The highest BCUT2D eigenvalue weighted by Gasteiger charge is 2.17. The summed E-state index contributed by atoms with van der Waals surface area (Å²) in [4.78, 5) is 35.8. The monoisotopic (exact) mass is 330 g/mol. The number of hydrogen-bond donors (Lipinski definition) is 1. The molecule has 7 nitrogen and oxygen atoms in total. The molecule has 23 heavy (non-hydrogen) atoms. The van der Waals surface area contributed by atoms with Crippen LogP contribution in [-0.2, 0) is 18.9 Å². The Kier molecular flexibility index (Phi) is 5.03. The number of nitriles is 1. The summed E-state index contributed by atoms with van der Waals surface area (Å²) in [5.41, 5.74) is -0.704. The van der Waals surface area contributed by atoms with E-state index in [-0.39, 0.29) is 22.2 Å². The van der Waals surface area contributed by atoms with E-state index in [2.05, 4.69) is 5.32 Å². The molecule has 1 aromatic carbocycles. The number of para-hydroxylation sites is 1. The van der Waals surface area contributed by atoms with Crippen molar-refractivity contribution in [3.05, 3.63) is 56.7 Å². The summed E-state index contributed by atoms with van der Waals surface area (Å²) in [6.45, 7) is 0. The standard InChI is InChI=1S/C15H14N4O3S/c1-18-13(21)11(8-16)14(19(2)15(18)22)23-9-12(20)17-10-6-4-3-5-7-10/h3-7H,9H2,1-2H3,(H,17,20). The summed E-state index contributed by atoms with van der Waals surface area (Å²) in [6.07, 6.45) is 0. The predicted molar refractivity (Wildman–Crippen MR) is 87.4 cm³/mol. The maximum atomic E-state index is 11.9. The van der Waals surface area contributed by atoms with Crippen LogP contribution in [-0.4, -0.2) is 20.8 Å². The van der Waals surface area contributed by atoms with Crippen LogP contribution < -0.4 is 16.6 Å². The maximum Gasteiger partial charge on any atom is 0.331 e. The molecule has 0 bridgehead atoms. The van der Waals surface area contributed by atoms with Crippen molar-refractivity contribution in [2.75, 3.05) is 11.1 Å². The highest BCUT2D eigenvalue weighted by atomic mass is 32.2. The van der Waals surface area contributed by atoms with Gasteiger partial charge >= 0.3 is 5.69 Å². The van der Waals surface area contributed by atoms with Crippen molar-refractivity contribution in [2.45, 2.75) is 5.03 Å². The molecular weight excluding hydrogens is 316 g/mol. The SMILES string of the molecule is Cn1c(SCC(=O)Nc2ccccc2)c(C#N)c(=O)n(C)c1=O. The molecule has 1 heterocycles. The highest BCUT2D eigenvalue weighted by molar-refractivity contribution is 8.00. The molecule has 0 aliphatic rings. The van der Waals surface area contributed by atoms with Gasteiger partial charge in [-0.15, -0.1) is 0 Å². The molecule has 0 fully saturated rings. The lowest BCUT2D eigenvalue weighted by Crippen LogP contribution is -2.39. The van der Waals surface area contributed by atoms with Crippen LogP contribution in [0.4, 0.5) is 5.69 Å². The average molecular weight is 330 g/mol. The molecule has 0 spiro atoms. The molecular formula is C15H14N4O3S. The van der Waals surface area contributed by atoms with Gasteiger partial charge in [-0.2, -0.15) is 5.26 Å². The predicted octanol–water partition coefficient (Wildman–Crippen LogP) is 0.686. The average Bonchev–Trinajstić information content (AvgIpc) is 2.56. The fraction of sp³-hybridized carbons (Fsp3) is 0.200. The number of thioether (sulfide) groups is 1. The van der Waals surface area contributed by atoms with Crippen molar-refractivity contribution in [3.63, 3.8) is 0 Å². The number of anilines is 1. The molecule has 0 unspecified atom stereocenters. The molecule has 118 valence electrons. The zero-order valence-corrected chi connectivity index (χ0v) is 13.4. The Bertz CT molecular complexity index is 894. The summed E-state index contributed by atoms with van der Waals surface area (Å²) < 4.78 is 2.06. The van der Waals surface area contributed by atoms with E-state index in [1.807, 2.05) is 6.07 Å². The lowest BCUT2D eigenvalue weighted by molar-refractivity contribution is -0.113. The lowest BCUT2D eigenvalue weighted by atomic mass is 10.3. The van der Waals surface area contributed by atoms with Crippen molar-refractivity contribution in [3.8, 4) is 6.07 Å². The molecule has 0 radical (unpaired) electrons. The van der Waals surface area contributed by atoms with Crippen LogP contribution in [0.2, 0.25) is 0 Å². The van der Waals surface area contributed by atoms with Crippen LogP contribution >= 0.6 is 11.8 Å². The summed E-state index contributed by atoms with van der Waals surface area (Å²) in [7, 11) is 2.77. The van der Waals surface area contributed by atoms with Gasteiger partial charge in [0.05, 0.1) is 5.75 Å². The second-order valence-corrected chi connectivity index (χ2v) is 5.66. The Morgan fingerprint density at radius 1 is 1.22 bits per heavy atom. The topological polar surface area (TPSA) is 96.9 Å². The van der Waals surface area contributed by atoms with E-state index >= 15 is 0 Å². The fourth-order valence-electron chi connectivity index (χ4n) is 1.94. The first-order chi connectivity index (χ1) is 11.0. The minimum Gasteiger partial charge on any atom is -0.325 e. The maximum absolute atomic E-state index is 11.9. The quantitative estimate of drug-likeness (QED) is 0.657. The molecule has 1 N–H and O–H groups in total. The summed E-state index contributed by atoms with van der Waals surface area (Å²) in [6, 6.07) is 10.7. The molecule has 8 heteroatoms. The summed E-state index contributed by atoms with van der Waals surface area (Å²) >= 11 is 0.978. The third-order valence-electron chi connectivity index (χ3n) is 3.12. The van der Waals surface area contributed by atoms with Crippen LogP contribution in [0.25, 0.3) is 0 Å². The van der Waals surface area contributed by atoms with Gasteiger partial charge in [0.25, 0.3) is 5.56 Å². The van der Waals surface area contributed by atoms with Crippen LogP contribution in [0.5, 0.6) is 0 Å². The number of amides is 1. The minimum absolute atomic E-state index is 0.0238. The Balaban J connectivity index is 2.21. The molecule has 2 rings (SSSR count). The molecule has 1 aromatic heterocycles. The highest BCUT2D eigenvalue weighted by Crippen LogP contribution is 2.18. The Hall–Kier alpha value is -2.79. The van der Waals surface area contributed by atoms with Gasteiger partial charge in [-0.1, -0.05) is 30.0 Å². The van der Waals surface area contributed by atoms with Crippen LogP contribution in [0.15, 0.2) is 44.9 Å². The molecule has 0 aliphatic heterocycles. The first-order valence-corrected chi connectivity index (χ1v) is 7.62. The number of nitrogens with zero attached hydrogens (tertiary/aromatic N) is 3. The van der Waals surface area contributed by atoms with Crippen molar-refractivity contribution in [2.24, 2.45) is 14.1 Å². The molecule has 0 atom stereocenters. The van der Waals surface area contributed by atoms with Crippen LogP contribution in [0.3, 0.4) is 0 Å². The van der Waals surface area contributed by atoms with Crippen LogP contribution in [0, 0.1) is 11.3 Å². The van der Waals surface area contributed by atoms with E-state index in [1.54, 1.807) is 30.3 Å². The number of nitrogens with one attached hydrogen (secondary N) is 1. The minimum atomic E-state index is -0.665. The summed E-state index contributed by atoms with van der Waals surface area (Å²) in [5, 5.41) is 12.0. The molecule has 0 saturated carbocycles. The van der Waals surface area contributed by atoms with Crippen molar-refractivity contribution in [1.82, 2.24) is 9.13 Å². The number of hydrogen-bond acceptors (Lipinski definition) is 5. The molecule has 0 saturated heterocycles. The van der Waals surface area contributed by atoms with E-state index in [9.17, 15) is 14.4 Å². The van der Waals surface area contributed by atoms with Gasteiger partial charge < -0.3 is 5.32 Å². The van der Waals surface area contributed by atoms with E-state index in [4.69, 9.17) is 5.26 Å². The van der Waals surface area contributed by atoms with Crippen molar-refractivity contribution >= 4 is 23.4 Å². The van der Waals surface area contributed by atoms with Gasteiger partial charge in [0.2, 0.25) is 5.91 Å². The number of carbonyl (C=O) groups is 1. The first kappa shape index (κ1) is 16.6. The Morgan fingerprint density at radius 3 is 2.48 bits per heavy atom. The van der Waals surface area contributed by atoms with Gasteiger partial charge in [0.15, 0.2) is 0 Å². The lowest BCUT2D eigenvalue weighted by Gasteiger charge is -2.11. The molecule has 0 aliphatic carbocycles. The van der Waals surface area contributed by atoms with Gasteiger partial charge in [0, 0.05) is 19.8 Å². The second kappa shape index (κ2) is 6.98. The summed E-state index contributed by atoms with van der Waals surface area (Å²) in [5.74, 6) is -0.317. The van der Waals surface area contributed by atoms with E-state index in [0.29, 0.717) is 5.69 Å². The zero-order valence-electron chi connectivity index (χ0n) is 12.6. The molecule has 1 amide bonds. The van der Waals surface area contributed by atoms with Gasteiger partial charge in [-0.25, -0.2) is 4.79 Å². The molecule has 2 aromatic rings. The van der Waals surface area contributed by atoms with Crippen molar-refractivity contribution in [1.29, 1.82) is 5.26 Å². The van der Waals surface area contributed by atoms with Gasteiger partial charge in [-0.3, -0.25) is 18.7 Å². The fourth-order valence-corrected chi connectivity index (χ4v) is 2.83. The largest absolute Gasteiger partial charge is 0.331 e. The number of aromatic nitrogens is 2. The number of carbonyl (C=O) groups excluding carboxylic acids is 1. The third-order valence-corrected chi connectivity index (χ3v) is 4.28. The number of rotatable bonds is 4. The normalized spacial score (nSPS) is 10.1. The van der Waals surface area contributed by atoms with E-state index in [1.165, 1.54) is 18.7 Å². The Morgan fingerprint density at radius 2 is 1.87 bits per heavy atom. The van der Waals surface area contributed by atoms with Gasteiger partial charge in [-0.05, 0) is 12.1 Å². The Labute approximate surface area is 136 Å². The van der Waals surface area contributed by atoms with E-state index in [0.717, 1.165) is 16.3 Å². The second-order valence-electron chi connectivity index (χ2n) is 4.70. The third kappa shape index (κ3) is 3.52. The van der Waals surface area contributed by atoms with Gasteiger partial charge in [0.1, 0.15) is 16.7 Å². The van der Waals surface area contributed by atoms with E-state index < -0.39 is 11.2 Å². The number of benzene rings is 1. The smallest absolute Gasteiger partial charge is 0.325 e. The van der Waals surface area contributed by atoms with Crippen molar-refractivity contribution < 1.29 is 4.79 Å². The first-order valence-electron chi connectivity index (χ1n) is 6.63. The zero-order chi connectivity index (χ0) is 17.0.